The molecule has 0 bridgehead atoms. The molecule has 4 nitrogen and oxygen atoms in total. The monoisotopic (exact) mass is 159 g/mol. The fourth-order valence-corrected chi connectivity index (χ4v) is 0.421. The molecule has 0 aliphatic carbocycles. The van der Waals surface area contributed by atoms with E-state index in [1.54, 1.807) is 0 Å². The third kappa shape index (κ3) is 5.39. The lowest BCUT2D eigenvalue weighted by Gasteiger charge is -2.17. The van der Waals surface area contributed by atoms with E-state index in [0.29, 0.717) is 6.54 Å². The number of hydrogen-bond donors (Lipinski definition) is 2. The normalized spacial score (nSPS) is 10.8. The Bertz CT molecular complexity index is 169. The van der Waals surface area contributed by atoms with E-state index in [0.717, 1.165) is 0 Å². The standard InChI is InChI=1S/C7H13NO3/c1-7(2,3)4-8-5(9)6(10)11/h4H2,1-3H3,(H,8,9)(H,10,11). The van der Waals surface area contributed by atoms with Gasteiger partial charge in [0, 0.05) is 6.54 Å². The Morgan fingerprint density at radius 3 is 2.09 bits per heavy atom. The zero-order valence-electron chi connectivity index (χ0n) is 6.97. The van der Waals surface area contributed by atoms with Gasteiger partial charge in [-0.2, -0.15) is 0 Å². The van der Waals surface area contributed by atoms with E-state index < -0.39 is 11.9 Å². The van der Waals surface area contributed by atoms with Gasteiger partial charge in [0.05, 0.1) is 0 Å². The van der Waals surface area contributed by atoms with Crippen LogP contribution < -0.4 is 5.32 Å². The number of carboxylic acid groups (broad SMARTS) is 1. The lowest BCUT2D eigenvalue weighted by atomic mass is 9.97. The van der Waals surface area contributed by atoms with Crippen molar-refractivity contribution in [1.82, 2.24) is 5.32 Å². The van der Waals surface area contributed by atoms with E-state index in [-0.39, 0.29) is 5.41 Å². The molecule has 0 aliphatic heterocycles. The molecule has 0 unspecified atom stereocenters. The van der Waals surface area contributed by atoms with Crippen molar-refractivity contribution in [3.8, 4) is 0 Å². The van der Waals surface area contributed by atoms with E-state index >= 15 is 0 Å². The molecule has 0 saturated carbocycles. The Labute approximate surface area is 65.6 Å². The summed E-state index contributed by atoms with van der Waals surface area (Å²) in [6, 6.07) is 0. The summed E-state index contributed by atoms with van der Waals surface area (Å²) in [5.41, 5.74) is -0.0783. The smallest absolute Gasteiger partial charge is 0.394 e. The molecule has 64 valence electrons. The molecule has 0 aromatic heterocycles. The second-order valence-corrected chi connectivity index (χ2v) is 3.55. The first-order chi connectivity index (χ1) is 4.83. The van der Waals surface area contributed by atoms with Gasteiger partial charge in [0.25, 0.3) is 0 Å². The minimum atomic E-state index is -1.44. The van der Waals surface area contributed by atoms with E-state index in [1.807, 2.05) is 20.8 Å². The summed E-state index contributed by atoms with van der Waals surface area (Å²) < 4.78 is 0. The Morgan fingerprint density at radius 1 is 1.36 bits per heavy atom. The SMILES string of the molecule is CC(C)(C)CNC(=O)C(=O)O. The molecule has 0 saturated heterocycles. The molecule has 0 atom stereocenters. The van der Waals surface area contributed by atoms with E-state index in [2.05, 4.69) is 5.32 Å². The number of nitrogens with one attached hydrogen (secondary N) is 1. The zero-order valence-corrected chi connectivity index (χ0v) is 6.97. The van der Waals surface area contributed by atoms with E-state index in [1.165, 1.54) is 0 Å². The predicted octanol–water partition coefficient (Wildman–Crippen LogP) is 0.233. The molecular formula is C7H13NO3. The molecule has 0 aliphatic rings. The quantitative estimate of drug-likeness (QED) is 0.538. The number of carbonyl (C=O) groups is 2. The molecule has 4 heteroatoms. The number of hydrogen-bond acceptors (Lipinski definition) is 2. The Kier molecular flexibility index (Phi) is 3.04. The van der Waals surface area contributed by atoms with Crippen LogP contribution in [0.25, 0.3) is 0 Å². The number of amides is 1. The Balaban J connectivity index is 3.73. The van der Waals surface area contributed by atoms with Crippen molar-refractivity contribution >= 4 is 11.9 Å². The highest BCUT2D eigenvalue weighted by molar-refractivity contribution is 6.31. The van der Waals surface area contributed by atoms with Gasteiger partial charge in [0.2, 0.25) is 0 Å². The third-order valence-corrected chi connectivity index (χ3v) is 0.974. The molecule has 0 fully saturated rings. The second kappa shape index (κ2) is 3.37. The molecule has 0 aromatic rings. The van der Waals surface area contributed by atoms with Gasteiger partial charge in [0.15, 0.2) is 0 Å². The number of carboxylic acids is 1. The largest absolute Gasteiger partial charge is 0.474 e. The summed E-state index contributed by atoms with van der Waals surface area (Å²) in [7, 11) is 0. The zero-order chi connectivity index (χ0) is 9.07. The maximum Gasteiger partial charge on any atom is 0.394 e. The van der Waals surface area contributed by atoms with Crippen LogP contribution in [-0.2, 0) is 9.59 Å². The van der Waals surface area contributed by atoms with Crippen molar-refractivity contribution in [2.75, 3.05) is 6.54 Å². The topological polar surface area (TPSA) is 66.4 Å². The van der Waals surface area contributed by atoms with Crippen molar-refractivity contribution in [1.29, 1.82) is 0 Å². The number of carbonyl (C=O) groups excluding carboxylic acids is 1. The van der Waals surface area contributed by atoms with Crippen LogP contribution in [0.15, 0.2) is 0 Å². The van der Waals surface area contributed by atoms with E-state index in [9.17, 15) is 9.59 Å². The average molecular weight is 159 g/mol. The summed E-state index contributed by atoms with van der Waals surface area (Å²) in [5, 5.41) is 10.5. The molecule has 0 heterocycles. The van der Waals surface area contributed by atoms with Crippen LogP contribution in [0.3, 0.4) is 0 Å². The molecule has 0 spiro atoms. The molecule has 0 aromatic carbocycles. The highest BCUT2D eigenvalue weighted by Crippen LogP contribution is 2.09. The van der Waals surface area contributed by atoms with Gasteiger partial charge < -0.3 is 10.4 Å². The number of aliphatic carboxylic acids is 1. The lowest BCUT2D eigenvalue weighted by molar-refractivity contribution is -0.150. The van der Waals surface area contributed by atoms with Gasteiger partial charge in [-0.1, -0.05) is 20.8 Å². The highest BCUT2D eigenvalue weighted by Gasteiger charge is 2.15. The van der Waals surface area contributed by atoms with Crippen LogP contribution in [0.2, 0.25) is 0 Å². The van der Waals surface area contributed by atoms with Crippen molar-refractivity contribution < 1.29 is 14.7 Å². The number of rotatable bonds is 1. The summed E-state index contributed by atoms with van der Waals surface area (Å²) in [6.45, 7) is 6.11. The van der Waals surface area contributed by atoms with Crippen LogP contribution >= 0.6 is 0 Å². The first-order valence-corrected chi connectivity index (χ1v) is 3.34. The van der Waals surface area contributed by atoms with Crippen molar-refractivity contribution in [3.05, 3.63) is 0 Å². The van der Waals surface area contributed by atoms with Gasteiger partial charge in [-0.25, -0.2) is 4.79 Å². The van der Waals surface area contributed by atoms with Gasteiger partial charge in [-0.15, -0.1) is 0 Å². The van der Waals surface area contributed by atoms with Crippen LogP contribution in [-0.4, -0.2) is 23.5 Å². The molecule has 1 amide bonds. The van der Waals surface area contributed by atoms with Crippen molar-refractivity contribution in [3.63, 3.8) is 0 Å². The van der Waals surface area contributed by atoms with Gasteiger partial charge in [-0.3, -0.25) is 4.79 Å². The van der Waals surface area contributed by atoms with Crippen molar-refractivity contribution in [2.24, 2.45) is 5.41 Å². The molecule has 11 heavy (non-hydrogen) atoms. The van der Waals surface area contributed by atoms with Crippen LogP contribution in [0, 0.1) is 5.41 Å². The minimum Gasteiger partial charge on any atom is -0.474 e. The summed E-state index contributed by atoms with van der Waals surface area (Å²) in [6.07, 6.45) is 0. The van der Waals surface area contributed by atoms with E-state index in [4.69, 9.17) is 5.11 Å². The maximum absolute atomic E-state index is 10.5. The fourth-order valence-electron chi connectivity index (χ4n) is 0.421. The lowest BCUT2D eigenvalue weighted by Crippen LogP contribution is -2.36. The van der Waals surface area contributed by atoms with Crippen LogP contribution in [0.4, 0.5) is 0 Å². The summed E-state index contributed by atoms with van der Waals surface area (Å²) in [5.74, 6) is -2.38. The highest BCUT2D eigenvalue weighted by atomic mass is 16.4. The first kappa shape index (κ1) is 9.94. The fraction of sp³-hybridized carbons (Fsp3) is 0.714. The molecule has 0 rings (SSSR count). The summed E-state index contributed by atoms with van der Waals surface area (Å²) >= 11 is 0. The Hall–Kier alpha value is -1.06. The second-order valence-electron chi connectivity index (χ2n) is 3.55. The Morgan fingerprint density at radius 2 is 1.82 bits per heavy atom. The van der Waals surface area contributed by atoms with Gasteiger partial charge >= 0.3 is 11.9 Å². The van der Waals surface area contributed by atoms with Crippen LogP contribution in [0.5, 0.6) is 0 Å². The first-order valence-electron chi connectivity index (χ1n) is 3.34. The predicted molar refractivity (Wildman–Crippen MR) is 40.1 cm³/mol. The third-order valence-electron chi connectivity index (χ3n) is 0.974. The maximum atomic E-state index is 10.5. The molecular weight excluding hydrogens is 146 g/mol. The summed E-state index contributed by atoms with van der Waals surface area (Å²) in [4.78, 5) is 20.5. The van der Waals surface area contributed by atoms with Gasteiger partial charge in [-0.05, 0) is 5.41 Å². The van der Waals surface area contributed by atoms with Gasteiger partial charge in [0.1, 0.15) is 0 Å². The minimum absolute atomic E-state index is 0.0783. The van der Waals surface area contributed by atoms with Crippen molar-refractivity contribution in [2.45, 2.75) is 20.8 Å². The molecule has 2 N–H and O–H groups in total. The average Bonchev–Trinajstić information content (AvgIpc) is 1.80. The van der Waals surface area contributed by atoms with Crippen LogP contribution in [0.1, 0.15) is 20.8 Å². The molecule has 0 radical (unpaired) electrons.